The largest absolute Gasteiger partial charge is 0.412 e. The minimum atomic E-state index is -1.63. The van der Waals surface area contributed by atoms with E-state index in [0.717, 1.165) is 12.4 Å². The summed E-state index contributed by atoms with van der Waals surface area (Å²) >= 11 is 4.34. The highest BCUT2D eigenvalue weighted by Crippen LogP contribution is 2.26. The maximum absolute atomic E-state index is 6.26. The average Bonchev–Trinajstić information content (AvgIpc) is 2.38. The van der Waals surface area contributed by atoms with Crippen LogP contribution in [0.4, 0.5) is 0 Å². The molecule has 1 aliphatic rings. The Hall–Kier alpha value is -0.253. The lowest BCUT2D eigenvalue weighted by atomic mass is 10.3. The molecule has 1 unspecified atom stereocenters. The van der Waals surface area contributed by atoms with Crippen LogP contribution in [0.25, 0.3) is 0 Å². The Balaban J connectivity index is 2.19. The average molecular weight is 252 g/mol. The van der Waals surface area contributed by atoms with Crippen molar-refractivity contribution in [2.45, 2.75) is 31.4 Å². The van der Waals surface area contributed by atoms with E-state index in [1.807, 2.05) is 0 Å². The van der Waals surface area contributed by atoms with E-state index in [2.05, 4.69) is 43.0 Å². The first-order valence-electron chi connectivity index (χ1n) is 6.18. The summed E-state index contributed by atoms with van der Waals surface area (Å²) < 4.78 is 6.26. The summed E-state index contributed by atoms with van der Waals surface area (Å²) in [5, 5.41) is 1.48. The van der Waals surface area contributed by atoms with Crippen molar-refractivity contribution < 1.29 is 4.43 Å². The van der Waals surface area contributed by atoms with Crippen LogP contribution < -0.4 is 5.19 Å². The molecule has 0 aliphatic carbocycles. The zero-order chi connectivity index (χ0) is 11.3. The molecule has 16 heavy (non-hydrogen) atoms. The Morgan fingerprint density at radius 3 is 2.62 bits per heavy atom. The molecule has 88 valence electrons. The molecule has 1 aliphatic heterocycles. The summed E-state index contributed by atoms with van der Waals surface area (Å²) in [5.41, 5.74) is 0. The van der Waals surface area contributed by atoms with E-state index in [0.29, 0.717) is 0 Å². The van der Waals surface area contributed by atoms with E-state index in [9.17, 15) is 0 Å². The molecule has 0 N–H and O–H groups in total. The third kappa shape index (κ3) is 2.70. The van der Waals surface area contributed by atoms with Crippen LogP contribution >= 0.6 is 12.6 Å². The summed E-state index contributed by atoms with van der Waals surface area (Å²) in [4.78, 5) is 0. The Labute approximate surface area is 105 Å². The van der Waals surface area contributed by atoms with E-state index >= 15 is 0 Å². The molecule has 1 aromatic carbocycles. The first kappa shape index (κ1) is 12.2. The number of hydrogen-bond donors (Lipinski definition) is 1. The van der Waals surface area contributed by atoms with E-state index in [4.69, 9.17) is 4.43 Å². The van der Waals surface area contributed by atoms with Gasteiger partial charge in [0.05, 0.1) is 0 Å². The standard InChI is InChI=1S/C13H20OSSi/c15-10-6-12-16(11-5-4-9-14-16)13-7-2-1-3-8-13/h1-3,7-8,15H,4-6,9-12H2. The van der Waals surface area contributed by atoms with Crippen LogP contribution in [0.15, 0.2) is 30.3 Å². The molecule has 2 rings (SSSR count). The van der Waals surface area contributed by atoms with Crippen LogP contribution in [-0.4, -0.2) is 20.7 Å². The third-order valence-corrected chi connectivity index (χ3v) is 8.17. The lowest BCUT2D eigenvalue weighted by molar-refractivity contribution is 0.274. The van der Waals surface area contributed by atoms with E-state index in [1.54, 1.807) is 0 Å². The molecule has 3 heteroatoms. The summed E-state index contributed by atoms with van der Waals surface area (Å²) in [6.45, 7) is 0.966. The fourth-order valence-electron chi connectivity index (χ4n) is 2.53. The van der Waals surface area contributed by atoms with Gasteiger partial charge in [-0.3, -0.25) is 0 Å². The van der Waals surface area contributed by atoms with E-state index < -0.39 is 8.32 Å². The zero-order valence-electron chi connectivity index (χ0n) is 9.69. The lowest BCUT2D eigenvalue weighted by Gasteiger charge is -2.35. The van der Waals surface area contributed by atoms with Crippen molar-refractivity contribution in [2.75, 3.05) is 12.4 Å². The number of benzene rings is 1. The van der Waals surface area contributed by atoms with E-state index in [-0.39, 0.29) is 0 Å². The monoisotopic (exact) mass is 252 g/mol. The molecule has 1 nitrogen and oxygen atoms in total. The molecule has 0 spiro atoms. The van der Waals surface area contributed by atoms with Crippen LogP contribution in [0, 0.1) is 0 Å². The fraction of sp³-hybridized carbons (Fsp3) is 0.538. The Kier molecular flexibility index (Phi) is 4.50. The van der Waals surface area contributed by atoms with Crippen molar-refractivity contribution in [1.82, 2.24) is 0 Å². The Morgan fingerprint density at radius 1 is 1.19 bits per heavy atom. The summed E-state index contributed by atoms with van der Waals surface area (Å²) in [6.07, 6.45) is 3.76. The predicted molar refractivity (Wildman–Crippen MR) is 75.1 cm³/mol. The van der Waals surface area contributed by atoms with Gasteiger partial charge in [-0.2, -0.15) is 12.6 Å². The van der Waals surface area contributed by atoms with Gasteiger partial charge in [0.1, 0.15) is 0 Å². The summed E-state index contributed by atoms with van der Waals surface area (Å²) in [5.74, 6) is 0.977. The molecule has 1 saturated heterocycles. The van der Waals surface area contributed by atoms with Gasteiger partial charge in [0.15, 0.2) is 0 Å². The Morgan fingerprint density at radius 2 is 2.00 bits per heavy atom. The van der Waals surface area contributed by atoms with Crippen molar-refractivity contribution in [1.29, 1.82) is 0 Å². The van der Waals surface area contributed by atoms with Gasteiger partial charge in [0.25, 0.3) is 0 Å². The quantitative estimate of drug-likeness (QED) is 0.640. The second-order valence-electron chi connectivity index (χ2n) is 4.49. The van der Waals surface area contributed by atoms with Crippen molar-refractivity contribution in [2.24, 2.45) is 0 Å². The van der Waals surface area contributed by atoms with Crippen molar-refractivity contribution in [3.8, 4) is 0 Å². The normalized spacial score (nSPS) is 25.6. The minimum absolute atomic E-state index is 0.966. The van der Waals surface area contributed by atoms with Gasteiger partial charge in [0, 0.05) is 6.61 Å². The second kappa shape index (κ2) is 5.89. The highest BCUT2D eigenvalue weighted by Gasteiger charge is 2.37. The fourth-order valence-corrected chi connectivity index (χ4v) is 7.17. The summed E-state index contributed by atoms with van der Waals surface area (Å²) in [7, 11) is -1.63. The second-order valence-corrected chi connectivity index (χ2v) is 8.79. The van der Waals surface area contributed by atoms with Gasteiger partial charge in [0.2, 0.25) is 8.32 Å². The highest BCUT2D eigenvalue weighted by atomic mass is 32.1. The maximum Gasteiger partial charge on any atom is 0.224 e. The van der Waals surface area contributed by atoms with Crippen molar-refractivity contribution in [3.05, 3.63) is 30.3 Å². The molecular weight excluding hydrogens is 232 g/mol. The molecule has 0 saturated carbocycles. The lowest BCUT2D eigenvalue weighted by Crippen LogP contribution is -2.52. The number of thiol groups is 1. The predicted octanol–water partition coefficient (Wildman–Crippen LogP) is 2.97. The van der Waals surface area contributed by atoms with Crippen LogP contribution in [0.5, 0.6) is 0 Å². The summed E-state index contributed by atoms with van der Waals surface area (Å²) in [6, 6.07) is 13.4. The smallest absolute Gasteiger partial charge is 0.224 e. The van der Waals surface area contributed by atoms with Gasteiger partial charge in [-0.25, -0.2) is 0 Å². The molecule has 0 radical (unpaired) electrons. The molecule has 1 fully saturated rings. The Bertz CT molecular complexity index is 309. The van der Waals surface area contributed by atoms with Crippen LogP contribution in [0.3, 0.4) is 0 Å². The van der Waals surface area contributed by atoms with Gasteiger partial charge in [-0.15, -0.1) is 0 Å². The molecule has 0 amide bonds. The first-order chi connectivity index (χ1) is 7.87. The van der Waals surface area contributed by atoms with Gasteiger partial charge in [-0.1, -0.05) is 36.8 Å². The SMILES string of the molecule is SCCC[Si]1(c2ccccc2)CCCCO1. The zero-order valence-corrected chi connectivity index (χ0v) is 11.6. The van der Waals surface area contributed by atoms with Crippen LogP contribution in [-0.2, 0) is 4.43 Å². The van der Waals surface area contributed by atoms with Gasteiger partial charge < -0.3 is 4.43 Å². The van der Waals surface area contributed by atoms with Crippen molar-refractivity contribution in [3.63, 3.8) is 0 Å². The number of hydrogen-bond acceptors (Lipinski definition) is 2. The molecule has 0 aromatic heterocycles. The number of rotatable bonds is 4. The molecule has 0 bridgehead atoms. The maximum atomic E-state index is 6.26. The van der Waals surface area contributed by atoms with Gasteiger partial charge >= 0.3 is 0 Å². The van der Waals surface area contributed by atoms with Crippen molar-refractivity contribution >= 4 is 26.1 Å². The molecule has 1 atom stereocenters. The third-order valence-electron chi connectivity index (χ3n) is 3.39. The van der Waals surface area contributed by atoms with Crippen LogP contribution in [0.1, 0.15) is 19.3 Å². The van der Waals surface area contributed by atoms with Gasteiger partial charge in [-0.05, 0) is 35.9 Å². The van der Waals surface area contributed by atoms with E-state index in [1.165, 1.54) is 36.5 Å². The topological polar surface area (TPSA) is 9.23 Å². The first-order valence-corrected chi connectivity index (χ1v) is 9.13. The molecule has 1 aromatic rings. The molecular formula is C13H20OSSi. The highest BCUT2D eigenvalue weighted by molar-refractivity contribution is 7.80. The van der Waals surface area contributed by atoms with Crippen LogP contribution in [0.2, 0.25) is 12.1 Å². The molecule has 1 heterocycles. The minimum Gasteiger partial charge on any atom is -0.412 e.